The Morgan fingerprint density at radius 3 is 1.05 bits per heavy atom. The van der Waals surface area contributed by atoms with Crippen LogP contribution >= 0.6 is 0 Å². The molecule has 0 bridgehead atoms. The average molecular weight is 568 g/mol. The van der Waals surface area contributed by atoms with Crippen LogP contribution in [0.25, 0.3) is 0 Å². The standard InChI is InChI=1S/C37H74O2.H3N/c1-6-8-10-12-14-16-18-20-22-24-26-28-30-32-35(5)37(34(3)4,36(38)39)33-31-29-27-25-23-21-19-17-15-13-11-9-7-2;/h34-35H,6-33H2,1-5H3,(H,38,39);1H3. The smallest absolute Gasteiger partial charge is 0.0481 e. The van der Waals surface area contributed by atoms with Crippen molar-refractivity contribution in [2.45, 2.75) is 214 Å². The topological polar surface area (TPSA) is 76.6 Å². The van der Waals surface area contributed by atoms with Gasteiger partial charge in [-0.05, 0) is 24.7 Å². The Balaban J connectivity index is 0. The summed E-state index contributed by atoms with van der Waals surface area (Å²) >= 11 is 0. The first kappa shape index (κ1) is 41.6. The fourth-order valence-corrected chi connectivity index (χ4v) is 6.80. The Hall–Kier alpha value is -0.570. The number of hydrogen-bond acceptors (Lipinski definition) is 2. The Morgan fingerprint density at radius 1 is 0.500 bits per heavy atom. The Bertz CT molecular complexity index is 520. The summed E-state index contributed by atoms with van der Waals surface area (Å²) in [5, 5.41) is 12.5. The second kappa shape index (κ2) is 29.9. The molecule has 0 aromatic carbocycles. The molecule has 0 heterocycles. The predicted octanol–water partition coefficient (Wildman–Crippen LogP) is 12.4. The third-order valence-electron chi connectivity index (χ3n) is 9.72. The number of carbonyl (C=O) groups is 1. The van der Waals surface area contributed by atoms with E-state index in [0.29, 0.717) is 0 Å². The molecular weight excluding hydrogens is 490 g/mol. The van der Waals surface area contributed by atoms with Crippen molar-refractivity contribution in [1.82, 2.24) is 6.15 Å². The van der Waals surface area contributed by atoms with Crippen molar-refractivity contribution in [1.29, 1.82) is 0 Å². The fraction of sp³-hybridized carbons (Fsp3) is 0.973. The van der Waals surface area contributed by atoms with Crippen LogP contribution in [0.3, 0.4) is 0 Å². The van der Waals surface area contributed by atoms with E-state index >= 15 is 0 Å². The summed E-state index contributed by atoms with van der Waals surface area (Å²) in [7, 11) is 0. The summed E-state index contributed by atoms with van der Waals surface area (Å²) in [5.41, 5.74) is -0.658. The molecule has 0 spiro atoms. The molecule has 40 heavy (non-hydrogen) atoms. The number of carbonyl (C=O) groups excluding carboxylic acids is 1. The van der Waals surface area contributed by atoms with Crippen molar-refractivity contribution < 1.29 is 9.90 Å². The quantitative estimate of drug-likeness (QED) is 0.0845. The van der Waals surface area contributed by atoms with Gasteiger partial charge in [0, 0.05) is 11.4 Å². The van der Waals surface area contributed by atoms with Crippen molar-refractivity contribution in [2.75, 3.05) is 0 Å². The van der Waals surface area contributed by atoms with Gasteiger partial charge in [0.05, 0.1) is 0 Å². The molecule has 2 unspecified atom stereocenters. The van der Waals surface area contributed by atoms with Gasteiger partial charge in [0.2, 0.25) is 0 Å². The highest BCUT2D eigenvalue weighted by atomic mass is 16.4. The summed E-state index contributed by atoms with van der Waals surface area (Å²) in [4.78, 5) is 12.5. The van der Waals surface area contributed by atoms with Crippen molar-refractivity contribution in [3.63, 3.8) is 0 Å². The molecule has 0 radical (unpaired) electrons. The second-order valence-corrected chi connectivity index (χ2v) is 13.4. The van der Waals surface area contributed by atoms with Gasteiger partial charge >= 0.3 is 0 Å². The van der Waals surface area contributed by atoms with E-state index in [9.17, 15) is 9.90 Å². The zero-order valence-electron chi connectivity index (χ0n) is 28.8. The van der Waals surface area contributed by atoms with Gasteiger partial charge in [0.25, 0.3) is 0 Å². The Kier molecular flexibility index (Phi) is 31.1. The van der Waals surface area contributed by atoms with E-state index in [1.165, 1.54) is 161 Å². The minimum Gasteiger partial charge on any atom is -0.550 e. The van der Waals surface area contributed by atoms with Crippen molar-refractivity contribution in [3.8, 4) is 0 Å². The second-order valence-electron chi connectivity index (χ2n) is 13.4. The van der Waals surface area contributed by atoms with Crippen LogP contribution in [-0.4, -0.2) is 5.97 Å². The monoisotopic (exact) mass is 568 g/mol. The maximum atomic E-state index is 12.5. The highest BCUT2D eigenvalue weighted by Crippen LogP contribution is 2.43. The lowest BCUT2D eigenvalue weighted by Gasteiger charge is -2.44. The van der Waals surface area contributed by atoms with Crippen LogP contribution in [0.1, 0.15) is 214 Å². The van der Waals surface area contributed by atoms with Crippen molar-refractivity contribution >= 4 is 5.97 Å². The number of hydrogen-bond donors (Lipinski definition) is 1. The molecule has 2 atom stereocenters. The summed E-state index contributed by atoms with van der Waals surface area (Å²) in [6.45, 7) is 11.0. The third-order valence-corrected chi connectivity index (χ3v) is 9.72. The fourth-order valence-electron chi connectivity index (χ4n) is 6.80. The summed E-state index contributed by atoms with van der Waals surface area (Å²) in [5.74, 6) is -0.456. The van der Waals surface area contributed by atoms with Gasteiger partial charge < -0.3 is 16.1 Å². The van der Waals surface area contributed by atoms with E-state index in [1.807, 2.05) is 0 Å². The van der Waals surface area contributed by atoms with Crippen LogP contribution in [-0.2, 0) is 4.79 Å². The lowest BCUT2D eigenvalue weighted by atomic mass is 9.64. The maximum Gasteiger partial charge on any atom is 0.0481 e. The number of unbranched alkanes of at least 4 members (excludes halogenated alkanes) is 24. The van der Waals surface area contributed by atoms with Crippen LogP contribution in [0.4, 0.5) is 0 Å². The number of aliphatic carboxylic acids is 1. The third kappa shape index (κ3) is 21.2. The summed E-state index contributed by atoms with van der Waals surface area (Å²) < 4.78 is 0. The molecule has 0 saturated heterocycles. The zero-order valence-corrected chi connectivity index (χ0v) is 28.8. The molecule has 242 valence electrons. The summed E-state index contributed by atoms with van der Waals surface area (Å²) in [6, 6.07) is 0. The lowest BCUT2D eigenvalue weighted by Crippen LogP contribution is -2.50. The molecule has 3 nitrogen and oxygen atoms in total. The first-order valence-corrected chi connectivity index (χ1v) is 18.1. The van der Waals surface area contributed by atoms with Crippen molar-refractivity contribution in [2.24, 2.45) is 17.3 Å². The van der Waals surface area contributed by atoms with Gasteiger partial charge in [-0.1, -0.05) is 202 Å². The molecular formula is C37H77NO2. The van der Waals surface area contributed by atoms with Crippen LogP contribution in [0.5, 0.6) is 0 Å². The number of carboxylic acid groups (broad SMARTS) is 1. The van der Waals surface area contributed by atoms with E-state index in [0.717, 1.165) is 19.3 Å². The number of rotatable bonds is 31. The highest BCUT2D eigenvalue weighted by molar-refractivity contribution is 5.73. The van der Waals surface area contributed by atoms with Gasteiger partial charge in [-0.3, -0.25) is 0 Å². The molecule has 0 rings (SSSR count). The molecule has 0 aliphatic carbocycles. The lowest BCUT2D eigenvalue weighted by molar-refractivity contribution is -0.325. The molecule has 3 heteroatoms. The molecule has 0 amide bonds. The normalized spacial score (nSPS) is 13.8. The molecule has 0 aliphatic heterocycles. The van der Waals surface area contributed by atoms with Crippen LogP contribution in [0.15, 0.2) is 0 Å². The Morgan fingerprint density at radius 2 is 0.775 bits per heavy atom. The summed E-state index contributed by atoms with van der Waals surface area (Å²) in [6.07, 6.45) is 36.8. The zero-order chi connectivity index (χ0) is 29.0. The largest absolute Gasteiger partial charge is 0.550 e. The predicted molar refractivity (Wildman–Crippen MR) is 178 cm³/mol. The number of quaternary nitrogens is 1. The Labute approximate surface area is 253 Å². The molecule has 4 N–H and O–H groups in total. The number of carboxylic acids is 1. The van der Waals surface area contributed by atoms with Gasteiger partial charge in [-0.15, -0.1) is 0 Å². The minimum absolute atomic E-state index is 0. The van der Waals surface area contributed by atoms with Gasteiger partial charge in [0.15, 0.2) is 0 Å². The maximum absolute atomic E-state index is 12.5. The first-order valence-electron chi connectivity index (χ1n) is 18.1. The van der Waals surface area contributed by atoms with Gasteiger partial charge in [0.1, 0.15) is 0 Å². The molecule has 0 saturated carbocycles. The molecule has 0 aromatic heterocycles. The van der Waals surface area contributed by atoms with E-state index in [2.05, 4.69) is 34.6 Å². The SMILES string of the molecule is CCCCCCCCCCCCCCCC(C)C(CCCCCCCCCCCCCCC)(C(=O)[O-])C(C)C.[NH4+]. The molecule has 0 aromatic rings. The van der Waals surface area contributed by atoms with E-state index < -0.39 is 11.4 Å². The van der Waals surface area contributed by atoms with E-state index in [1.54, 1.807) is 0 Å². The van der Waals surface area contributed by atoms with Crippen LogP contribution in [0.2, 0.25) is 0 Å². The average Bonchev–Trinajstić information content (AvgIpc) is 2.91. The van der Waals surface area contributed by atoms with Crippen LogP contribution in [0, 0.1) is 17.3 Å². The highest BCUT2D eigenvalue weighted by Gasteiger charge is 2.39. The van der Waals surface area contributed by atoms with Gasteiger partial charge in [-0.2, -0.15) is 0 Å². The van der Waals surface area contributed by atoms with E-state index in [4.69, 9.17) is 0 Å². The van der Waals surface area contributed by atoms with Crippen molar-refractivity contribution in [3.05, 3.63) is 0 Å². The van der Waals surface area contributed by atoms with E-state index in [-0.39, 0.29) is 18.0 Å². The first-order chi connectivity index (χ1) is 18.9. The molecule has 0 aliphatic rings. The molecule has 0 fully saturated rings. The van der Waals surface area contributed by atoms with Gasteiger partial charge in [-0.25, -0.2) is 0 Å². The minimum atomic E-state index is -0.793. The van der Waals surface area contributed by atoms with Crippen LogP contribution < -0.4 is 11.3 Å².